The molecule has 186 valence electrons. The highest BCUT2D eigenvalue weighted by Gasteiger charge is 2.45. The molecule has 0 aliphatic carbocycles. The standard InChI is InChI=1S/C24H32P.2C4H9.Al/c1-9-11-22(10-2)25(23-18(5)12-16(3)13-19(23)6)24-20(7)14-17(4)15-21(24)8;2*1-4(2)3;/h12-15H,9-10H2,1-8H3;2*1-3H3;. The average Bonchev–Trinajstić information content (AvgIpc) is 2.63. The molecule has 0 saturated heterocycles. The zero-order valence-corrected chi connectivity index (χ0v) is 26.8. The normalized spacial score (nSPS) is 13.4. The first-order valence-electron chi connectivity index (χ1n) is 13.2. The predicted octanol–water partition coefficient (Wildman–Crippen LogP) is 9.68. The Kier molecular flexibility index (Phi) is 9.54. The molecule has 34 heavy (non-hydrogen) atoms. The van der Waals surface area contributed by atoms with Gasteiger partial charge in [0.25, 0.3) is 0 Å². The fraction of sp³-hybridized carbons (Fsp3) is 0.562. The van der Waals surface area contributed by atoms with E-state index in [-0.39, 0.29) is 0 Å². The van der Waals surface area contributed by atoms with Crippen molar-refractivity contribution in [2.75, 3.05) is 0 Å². The summed E-state index contributed by atoms with van der Waals surface area (Å²) in [5.74, 6) is 0. The minimum atomic E-state index is -1.29. The molecule has 0 nitrogen and oxygen atoms in total. The maximum Gasteiger partial charge on any atom is 0.311 e. The van der Waals surface area contributed by atoms with Crippen LogP contribution in [0.25, 0.3) is 0 Å². The van der Waals surface area contributed by atoms with Gasteiger partial charge < -0.3 is 0 Å². The molecule has 0 bridgehead atoms. The second-order valence-corrected chi connectivity index (χ2v) is 19.8. The summed E-state index contributed by atoms with van der Waals surface area (Å²) in [5.41, 5.74) is 8.62. The van der Waals surface area contributed by atoms with Crippen molar-refractivity contribution < 1.29 is 0 Å². The summed E-state index contributed by atoms with van der Waals surface area (Å²) in [6, 6.07) is 9.66. The summed E-state index contributed by atoms with van der Waals surface area (Å²) in [4.78, 5) is 0. The van der Waals surface area contributed by atoms with Gasteiger partial charge in [0.05, 0.1) is 0 Å². The van der Waals surface area contributed by atoms with Crippen LogP contribution in [0.4, 0.5) is 0 Å². The smallest absolute Gasteiger partial charge is 0.126 e. The lowest BCUT2D eigenvalue weighted by atomic mass is 10.1. The molecule has 2 aromatic carbocycles. The molecule has 0 aromatic heterocycles. The van der Waals surface area contributed by atoms with Gasteiger partial charge in [0.2, 0.25) is 0 Å². The second-order valence-electron chi connectivity index (χ2n) is 12.7. The topological polar surface area (TPSA) is 0 Å². The summed E-state index contributed by atoms with van der Waals surface area (Å²) in [5, 5.41) is 4.98. The number of aryl methyl sites for hydroxylation is 6. The predicted molar refractivity (Wildman–Crippen MR) is 160 cm³/mol. The molecule has 0 amide bonds. The van der Waals surface area contributed by atoms with E-state index < -0.39 is 22.1 Å². The van der Waals surface area contributed by atoms with Crippen LogP contribution in [-0.4, -0.2) is 14.1 Å². The van der Waals surface area contributed by atoms with E-state index in [2.05, 4.69) is 121 Å². The molecule has 0 unspecified atom stereocenters. The molecule has 2 heteroatoms. The molecule has 2 aromatic rings. The van der Waals surface area contributed by atoms with Gasteiger partial charge in [0.1, 0.15) is 0 Å². The van der Waals surface area contributed by atoms with E-state index in [1.807, 2.05) is 4.44 Å². The van der Waals surface area contributed by atoms with E-state index in [0.717, 1.165) is 6.42 Å². The molecule has 0 heterocycles. The molecule has 0 aliphatic rings. The van der Waals surface area contributed by atoms with Gasteiger partial charge in [0.15, 0.2) is 0 Å². The van der Waals surface area contributed by atoms with Crippen LogP contribution in [0, 0.1) is 41.5 Å². The fourth-order valence-electron chi connectivity index (χ4n) is 6.88. The third kappa shape index (κ3) is 6.28. The van der Waals surface area contributed by atoms with Crippen LogP contribution < -0.4 is 10.6 Å². The molecule has 0 spiro atoms. The van der Waals surface area contributed by atoms with Gasteiger partial charge in [-0.3, -0.25) is 0 Å². The van der Waals surface area contributed by atoms with Gasteiger partial charge in [-0.2, -0.15) is 0 Å². The molecule has 0 saturated carbocycles. The minimum Gasteiger partial charge on any atom is -0.126 e. The van der Waals surface area contributed by atoms with Gasteiger partial charge in [-0.05, 0) is 95.2 Å². The maximum absolute atomic E-state index is 2.51. The van der Waals surface area contributed by atoms with E-state index in [9.17, 15) is 0 Å². The lowest BCUT2D eigenvalue weighted by Crippen LogP contribution is -2.38. The van der Waals surface area contributed by atoms with E-state index in [0.29, 0.717) is 8.55 Å². The average molecular weight is 493 g/mol. The Morgan fingerprint density at radius 1 is 0.618 bits per heavy atom. The van der Waals surface area contributed by atoms with Crippen LogP contribution >= 0.6 is 7.92 Å². The van der Waals surface area contributed by atoms with E-state index in [1.165, 1.54) is 39.8 Å². The van der Waals surface area contributed by atoms with Crippen LogP contribution in [0.2, 0.25) is 8.55 Å². The minimum absolute atomic E-state index is 0.347. The highest BCUT2D eigenvalue weighted by molar-refractivity contribution is 7.77. The monoisotopic (exact) mass is 492 g/mol. The first-order chi connectivity index (χ1) is 15.5. The van der Waals surface area contributed by atoms with E-state index in [1.54, 1.807) is 15.9 Å². The SMILES string of the molecule is CC/[C](=C(\CC)P(c1c(C)cc(C)cc1C)c1c(C)cc(C)cc1C)[Al]([C](C)(C)C)[C](C)(C)C. The van der Waals surface area contributed by atoms with Crippen molar-refractivity contribution in [2.45, 2.75) is 118 Å². The third-order valence-electron chi connectivity index (χ3n) is 7.15. The van der Waals surface area contributed by atoms with Crippen LogP contribution in [0.15, 0.2) is 34.0 Å². The molecule has 2 rings (SSSR count). The Bertz CT molecular complexity index is 942. The second kappa shape index (κ2) is 11.0. The molecular weight excluding hydrogens is 442 g/mol. The number of allylic oxidation sites excluding steroid dienone is 2. The Morgan fingerprint density at radius 3 is 1.18 bits per heavy atom. The maximum atomic E-state index is 2.51. The summed E-state index contributed by atoms with van der Waals surface area (Å²) < 4.78 is 2.53. The summed E-state index contributed by atoms with van der Waals surface area (Å²) >= 11 is -1.29. The van der Waals surface area contributed by atoms with Crippen molar-refractivity contribution in [3.05, 3.63) is 67.4 Å². The highest BCUT2D eigenvalue weighted by Crippen LogP contribution is 2.55. The quantitative estimate of drug-likeness (QED) is 0.278. The van der Waals surface area contributed by atoms with Crippen LogP contribution in [0.1, 0.15) is 102 Å². The van der Waals surface area contributed by atoms with Gasteiger partial charge in [-0.1, -0.05) is 105 Å². The molecule has 0 fully saturated rings. The largest absolute Gasteiger partial charge is 0.311 e. The van der Waals surface area contributed by atoms with Crippen molar-refractivity contribution >= 4 is 32.7 Å². The number of hydrogen-bond acceptors (Lipinski definition) is 0. The van der Waals surface area contributed by atoms with E-state index in [4.69, 9.17) is 0 Å². The Labute approximate surface area is 217 Å². The summed E-state index contributed by atoms with van der Waals surface area (Å²) in [6.45, 7) is 33.8. The first-order valence-corrected chi connectivity index (χ1v) is 16.3. The lowest BCUT2D eigenvalue weighted by Gasteiger charge is -2.41. The Morgan fingerprint density at radius 2 is 0.941 bits per heavy atom. The molecule has 0 radical (unpaired) electrons. The number of rotatable bonds is 6. The van der Waals surface area contributed by atoms with Crippen molar-refractivity contribution in [1.29, 1.82) is 0 Å². The first kappa shape index (κ1) is 29.4. The molecule has 0 N–H and O–H groups in total. The number of benzene rings is 2. The van der Waals surface area contributed by atoms with Crippen molar-refractivity contribution in [3.63, 3.8) is 0 Å². The van der Waals surface area contributed by atoms with Crippen LogP contribution in [-0.2, 0) is 0 Å². The summed E-state index contributed by atoms with van der Waals surface area (Å²) in [6.07, 6.45) is 2.32. The Hall–Kier alpha value is -0.858. The fourth-order valence-corrected chi connectivity index (χ4v) is 16.5. The van der Waals surface area contributed by atoms with Crippen molar-refractivity contribution in [1.82, 2.24) is 0 Å². The van der Waals surface area contributed by atoms with Crippen molar-refractivity contribution in [2.24, 2.45) is 0 Å². The number of hydrogen-bond donors (Lipinski definition) is 0. The van der Waals surface area contributed by atoms with Crippen LogP contribution in [0.5, 0.6) is 0 Å². The van der Waals surface area contributed by atoms with Gasteiger partial charge in [-0.25, -0.2) is 0 Å². The highest BCUT2D eigenvalue weighted by atomic mass is 31.1. The zero-order chi connectivity index (χ0) is 26.2. The third-order valence-corrected chi connectivity index (χ3v) is 15.8. The van der Waals surface area contributed by atoms with Gasteiger partial charge >= 0.3 is 14.1 Å². The summed E-state index contributed by atoms with van der Waals surface area (Å²) in [7, 11) is -0.580. The Balaban J connectivity index is 3.10. The molecule has 0 aliphatic heterocycles. The van der Waals surface area contributed by atoms with Gasteiger partial charge in [0, 0.05) is 0 Å². The lowest BCUT2D eigenvalue weighted by molar-refractivity contribution is 0.645. The van der Waals surface area contributed by atoms with E-state index >= 15 is 0 Å². The van der Waals surface area contributed by atoms with Crippen LogP contribution in [0.3, 0.4) is 0 Å². The molecular formula is C32H50AlP. The zero-order valence-electron chi connectivity index (χ0n) is 24.7. The molecule has 0 atom stereocenters. The van der Waals surface area contributed by atoms with Crippen molar-refractivity contribution in [3.8, 4) is 0 Å². The van der Waals surface area contributed by atoms with Gasteiger partial charge in [-0.15, -0.1) is 4.44 Å².